The summed E-state index contributed by atoms with van der Waals surface area (Å²) in [6.07, 6.45) is 5.63. The van der Waals surface area contributed by atoms with Gasteiger partial charge in [0, 0.05) is 29.7 Å². The molecule has 0 aliphatic heterocycles. The van der Waals surface area contributed by atoms with Crippen LogP contribution in [0.2, 0.25) is 0 Å². The summed E-state index contributed by atoms with van der Waals surface area (Å²) in [5.74, 6) is 2.08. The molecule has 0 saturated heterocycles. The van der Waals surface area contributed by atoms with E-state index in [0.717, 1.165) is 46.2 Å². The fraction of sp³-hybridized carbons (Fsp3) is 0.125. The van der Waals surface area contributed by atoms with E-state index in [1.165, 1.54) is 16.5 Å². The normalized spacial score (nSPS) is 11.0. The summed E-state index contributed by atoms with van der Waals surface area (Å²) in [6.45, 7) is 4.26. The standard InChI is InChI=1S/C32H25N3O.Pt/c1-3-22-16-17-33-32(18-22)36-26-9-7-8-24(19-26)25-13-14-28-27-10-5-6-11-29(27)35(30(28)20-25)31-15-12-23(4-2)21-34-31;/h5-18,21H,3-4H2,1-2H3;/q-2;+2. The van der Waals surface area contributed by atoms with Crippen LogP contribution in [0.4, 0.5) is 0 Å². The Labute approximate surface area is 231 Å². The Morgan fingerprint density at radius 1 is 0.757 bits per heavy atom. The van der Waals surface area contributed by atoms with E-state index in [2.05, 4.69) is 84.1 Å². The zero-order valence-electron chi connectivity index (χ0n) is 20.6. The molecule has 3 heterocycles. The van der Waals surface area contributed by atoms with E-state index in [1.54, 1.807) is 6.20 Å². The molecular weight excluding hydrogens is 637 g/mol. The molecule has 4 nitrogen and oxygen atoms in total. The van der Waals surface area contributed by atoms with Crippen LogP contribution in [0.15, 0.2) is 91.3 Å². The number of hydrogen-bond donors (Lipinski definition) is 0. The second-order valence-corrected chi connectivity index (χ2v) is 8.75. The number of aryl methyl sites for hydroxylation is 2. The molecule has 0 fully saturated rings. The van der Waals surface area contributed by atoms with Gasteiger partial charge in [-0.2, -0.15) is 24.3 Å². The van der Waals surface area contributed by atoms with Gasteiger partial charge in [0.25, 0.3) is 0 Å². The van der Waals surface area contributed by atoms with Crippen molar-refractivity contribution in [3.63, 3.8) is 0 Å². The van der Waals surface area contributed by atoms with Crippen molar-refractivity contribution < 1.29 is 25.8 Å². The zero-order chi connectivity index (χ0) is 24.5. The molecule has 6 aromatic rings. The van der Waals surface area contributed by atoms with Crippen LogP contribution in [0.1, 0.15) is 25.0 Å². The second-order valence-electron chi connectivity index (χ2n) is 8.75. The molecule has 0 aliphatic carbocycles. The first-order valence-corrected chi connectivity index (χ1v) is 12.3. The molecule has 184 valence electrons. The van der Waals surface area contributed by atoms with Crippen LogP contribution in [0.3, 0.4) is 0 Å². The van der Waals surface area contributed by atoms with Crippen molar-refractivity contribution in [2.45, 2.75) is 26.7 Å². The van der Waals surface area contributed by atoms with Crippen molar-refractivity contribution in [1.29, 1.82) is 0 Å². The third-order valence-electron chi connectivity index (χ3n) is 6.51. The summed E-state index contributed by atoms with van der Waals surface area (Å²) in [5.41, 5.74) is 6.35. The van der Waals surface area contributed by atoms with Crippen molar-refractivity contribution in [3.05, 3.63) is 115 Å². The van der Waals surface area contributed by atoms with Crippen molar-refractivity contribution in [1.82, 2.24) is 14.5 Å². The van der Waals surface area contributed by atoms with Gasteiger partial charge >= 0.3 is 21.1 Å². The van der Waals surface area contributed by atoms with E-state index < -0.39 is 0 Å². The van der Waals surface area contributed by atoms with Crippen molar-refractivity contribution in [2.75, 3.05) is 0 Å². The van der Waals surface area contributed by atoms with E-state index in [-0.39, 0.29) is 21.1 Å². The number of rotatable bonds is 6. The second kappa shape index (κ2) is 10.7. The molecule has 0 spiro atoms. The van der Waals surface area contributed by atoms with Gasteiger partial charge in [0.05, 0.1) is 0 Å². The van der Waals surface area contributed by atoms with Crippen LogP contribution >= 0.6 is 0 Å². The Bertz CT molecular complexity index is 1690. The fourth-order valence-electron chi connectivity index (χ4n) is 4.55. The van der Waals surface area contributed by atoms with Gasteiger partial charge in [-0.05, 0) is 53.1 Å². The smallest absolute Gasteiger partial charge is 0.460 e. The van der Waals surface area contributed by atoms with Crippen molar-refractivity contribution >= 4 is 21.8 Å². The Morgan fingerprint density at radius 3 is 2.41 bits per heavy atom. The summed E-state index contributed by atoms with van der Waals surface area (Å²) in [4.78, 5) is 9.13. The van der Waals surface area contributed by atoms with E-state index in [9.17, 15) is 0 Å². The van der Waals surface area contributed by atoms with Crippen LogP contribution in [-0.4, -0.2) is 14.5 Å². The van der Waals surface area contributed by atoms with Gasteiger partial charge in [0.1, 0.15) is 5.82 Å². The molecule has 5 heteroatoms. The first kappa shape index (κ1) is 24.9. The largest absolute Gasteiger partial charge is 2.00 e. The minimum absolute atomic E-state index is 0. The molecule has 0 unspecified atom stereocenters. The number of fused-ring (bicyclic) bond motifs is 3. The molecule has 6 rings (SSSR count). The minimum atomic E-state index is 0. The molecule has 0 amide bonds. The van der Waals surface area contributed by atoms with E-state index >= 15 is 0 Å². The number of aromatic nitrogens is 3. The molecule has 0 N–H and O–H groups in total. The van der Waals surface area contributed by atoms with Crippen LogP contribution in [0.5, 0.6) is 11.6 Å². The predicted octanol–water partition coefficient (Wildman–Crippen LogP) is 7.76. The number of nitrogens with zero attached hydrogens (tertiary/aromatic N) is 3. The quantitative estimate of drug-likeness (QED) is 0.171. The average Bonchev–Trinajstić information content (AvgIpc) is 3.27. The Kier molecular flexibility index (Phi) is 7.21. The van der Waals surface area contributed by atoms with Gasteiger partial charge in [-0.1, -0.05) is 43.5 Å². The number of ether oxygens (including phenoxy) is 1. The van der Waals surface area contributed by atoms with E-state index in [0.29, 0.717) is 11.6 Å². The van der Waals surface area contributed by atoms with Crippen LogP contribution < -0.4 is 4.74 Å². The van der Waals surface area contributed by atoms with Gasteiger partial charge in [0.15, 0.2) is 0 Å². The molecule has 3 aromatic heterocycles. The van der Waals surface area contributed by atoms with Crippen molar-refractivity contribution in [3.8, 4) is 28.6 Å². The summed E-state index contributed by atoms with van der Waals surface area (Å²) in [7, 11) is 0. The molecule has 0 aliphatic rings. The first-order chi connectivity index (χ1) is 17.7. The van der Waals surface area contributed by atoms with E-state index in [4.69, 9.17) is 9.72 Å². The topological polar surface area (TPSA) is 39.9 Å². The maximum Gasteiger partial charge on any atom is 2.00 e. The third-order valence-corrected chi connectivity index (χ3v) is 6.51. The Balaban J connectivity index is 0.00000280. The monoisotopic (exact) mass is 662 g/mol. The molecular formula is C32H25N3OPt. The van der Waals surface area contributed by atoms with E-state index in [1.807, 2.05) is 36.5 Å². The number of benzene rings is 3. The first-order valence-electron chi connectivity index (χ1n) is 12.3. The van der Waals surface area contributed by atoms with Gasteiger partial charge in [-0.15, -0.1) is 18.2 Å². The van der Waals surface area contributed by atoms with Gasteiger partial charge in [0.2, 0.25) is 5.88 Å². The molecule has 37 heavy (non-hydrogen) atoms. The Hall–Kier alpha value is -3.75. The molecule has 0 atom stereocenters. The minimum Gasteiger partial charge on any atom is -0.460 e. The van der Waals surface area contributed by atoms with Gasteiger partial charge < -0.3 is 9.30 Å². The molecule has 0 saturated carbocycles. The Morgan fingerprint density at radius 2 is 1.59 bits per heavy atom. The maximum absolute atomic E-state index is 6.04. The summed E-state index contributed by atoms with van der Waals surface area (Å²) >= 11 is 0. The summed E-state index contributed by atoms with van der Waals surface area (Å²) in [5, 5.41) is 2.32. The maximum atomic E-state index is 6.04. The van der Waals surface area contributed by atoms with Crippen LogP contribution in [-0.2, 0) is 33.9 Å². The number of para-hydroxylation sites is 1. The predicted molar refractivity (Wildman–Crippen MR) is 145 cm³/mol. The third kappa shape index (κ3) is 4.82. The number of pyridine rings is 2. The zero-order valence-corrected chi connectivity index (χ0v) is 22.9. The van der Waals surface area contributed by atoms with Gasteiger partial charge in [-0.3, -0.25) is 0 Å². The van der Waals surface area contributed by atoms with Gasteiger partial charge in [-0.25, -0.2) is 21.1 Å². The molecule has 0 radical (unpaired) electrons. The fourth-order valence-corrected chi connectivity index (χ4v) is 4.55. The van der Waals surface area contributed by atoms with Crippen molar-refractivity contribution in [2.24, 2.45) is 0 Å². The SMILES string of the molecule is CCc1ccc(-n2c3[c-]c(-c4[c-]c(Oc5cc(CC)ccn5)ccc4)ccc3c3ccccc32)nc1.[Pt+2]. The molecule has 3 aromatic carbocycles. The molecule has 0 bridgehead atoms. The average molecular weight is 663 g/mol. The van der Waals surface area contributed by atoms with Crippen LogP contribution in [0, 0.1) is 12.1 Å². The number of hydrogen-bond acceptors (Lipinski definition) is 3. The summed E-state index contributed by atoms with van der Waals surface area (Å²) < 4.78 is 8.23. The summed E-state index contributed by atoms with van der Waals surface area (Å²) in [6, 6.07) is 33.8. The van der Waals surface area contributed by atoms with Crippen LogP contribution in [0.25, 0.3) is 38.8 Å².